The predicted octanol–water partition coefficient (Wildman–Crippen LogP) is 3.49. The highest BCUT2D eigenvalue weighted by atomic mass is 19.1. The van der Waals surface area contributed by atoms with Crippen molar-refractivity contribution in [2.45, 2.75) is 6.54 Å². The molecule has 0 aromatic heterocycles. The van der Waals surface area contributed by atoms with Gasteiger partial charge in [0.1, 0.15) is 23.1 Å². The minimum absolute atomic E-state index is 0.0760. The van der Waals surface area contributed by atoms with Crippen LogP contribution in [0.2, 0.25) is 0 Å². The van der Waals surface area contributed by atoms with E-state index < -0.39 is 16.6 Å². The van der Waals surface area contributed by atoms with Gasteiger partial charge in [-0.1, -0.05) is 0 Å². The third-order valence-corrected chi connectivity index (χ3v) is 2.88. The first-order valence-electron chi connectivity index (χ1n) is 6.01. The van der Waals surface area contributed by atoms with E-state index in [0.29, 0.717) is 5.75 Å². The van der Waals surface area contributed by atoms with E-state index in [2.05, 4.69) is 5.32 Å². The van der Waals surface area contributed by atoms with Crippen molar-refractivity contribution < 1.29 is 18.4 Å². The second-order valence-corrected chi connectivity index (χ2v) is 4.23. The number of hydrogen-bond acceptors (Lipinski definition) is 4. The smallest absolute Gasteiger partial charge is 0.292 e. The van der Waals surface area contributed by atoms with E-state index in [9.17, 15) is 18.9 Å². The Labute approximate surface area is 119 Å². The normalized spacial score (nSPS) is 10.2. The Hall–Kier alpha value is -2.70. The van der Waals surface area contributed by atoms with Crippen LogP contribution in [0.1, 0.15) is 5.56 Å². The van der Waals surface area contributed by atoms with Crippen molar-refractivity contribution in [3.05, 3.63) is 63.7 Å². The van der Waals surface area contributed by atoms with E-state index in [-0.39, 0.29) is 23.5 Å². The first-order valence-corrected chi connectivity index (χ1v) is 6.01. The molecule has 0 radical (unpaired) electrons. The van der Waals surface area contributed by atoms with E-state index in [0.717, 1.165) is 18.2 Å². The maximum atomic E-state index is 13.5. The van der Waals surface area contributed by atoms with Gasteiger partial charge in [0.2, 0.25) is 0 Å². The summed E-state index contributed by atoms with van der Waals surface area (Å²) in [6.07, 6.45) is 0. The molecule has 2 aromatic carbocycles. The zero-order chi connectivity index (χ0) is 15.4. The minimum Gasteiger partial charge on any atom is -0.497 e. The SMILES string of the molecule is COc1ccc([N+](=O)[O-])c(NCc2cc(F)ccc2F)c1. The number of methoxy groups -OCH3 is 1. The van der Waals surface area contributed by atoms with E-state index in [1.54, 1.807) is 0 Å². The molecule has 7 heteroatoms. The molecule has 0 spiro atoms. The lowest BCUT2D eigenvalue weighted by Gasteiger charge is -2.09. The molecule has 0 saturated carbocycles. The van der Waals surface area contributed by atoms with Gasteiger partial charge in [0.25, 0.3) is 5.69 Å². The first kappa shape index (κ1) is 14.7. The maximum absolute atomic E-state index is 13.5. The number of halogens is 2. The first-order chi connectivity index (χ1) is 10.0. The number of hydrogen-bond donors (Lipinski definition) is 1. The molecular weight excluding hydrogens is 282 g/mol. The van der Waals surface area contributed by atoms with E-state index in [1.165, 1.54) is 25.3 Å². The van der Waals surface area contributed by atoms with Crippen LogP contribution in [0, 0.1) is 21.7 Å². The van der Waals surface area contributed by atoms with Crippen LogP contribution in [-0.2, 0) is 6.54 Å². The lowest BCUT2D eigenvalue weighted by atomic mass is 10.2. The fourth-order valence-electron chi connectivity index (χ4n) is 1.81. The summed E-state index contributed by atoms with van der Waals surface area (Å²) in [4.78, 5) is 10.4. The molecule has 0 unspecified atom stereocenters. The average Bonchev–Trinajstić information content (AvgIpc) is 2.47. The van der Waals surface area contributed by atoms with Crippen LogP contribution in [0.3, 0.4) is 0 Å². The van der Waals surface area contributed by atoms with Crippen LogP contribution in [0.15, 0.2) is 36.4 Å². The van der Waals surface area contributed by atoms with Crippen LogP contribution in [0.25, 0.3) is 0 Å². The summed E-state index contributed by atoms with van der Waals surface area (Å²) in [6.45, 7) is -0.0857. The summed E-state index contributed by atoms with van der Waals surface area (Å²) in [5, 5.41) is 13.7. The molecule has 0 aliphatic carbocycles. The molecule has 0 atom stereocenters. The largest absolute Gasteiger partial charge is 0.497 e. The van der Waals surface area contributed by atoms with Crippen LogP contribution < -0.4 is 10.1 Å². The van der Waals surface area contributed by atoms with Crippen molar-refractivity contribution in [1.29, 1.82) is 0 Å². The second kappa shape index (κ2) is 6.17. The Morgan fingerprint density at radius 1 is 1.24 bits per heavy atom. The fourth-order valence-corrected chi connectivity index (χ4v) is 1.81. The van der Waals surface area contributed by atoms with Crippen LogP contribution in [-0.4, -0.2) is 12.0 Å². The molecule has 0 bridgehead atoms. The highest BCUT2D eigenvalue weighted by molar-refractivity contribution is 5.64. The van der Waals surface area contributed by atoms with Gasteiger partial charge in [-0.3, -0.25) is 10.1 Å². The number of ether oxygens (including phenoxy) is 1. The van der Waals surface area contributed by atoms with Gasteiger partial charge in [-0.25, -0.2) is 8.78 Å². The number of nitrogens with zero attached hydrogens (tertiary/aromatic N) is 1. The predicted molar refractivity (Wildman–Crippen MR) is 73.3 cm³/mol. The van der Waals surface area contributed by atoms with Crippen molar-refractivity contribution >= 4 is 11.4 Å². The number of anilines is 1. The third-order valence-electron chi connectivity index (χ3n) is 2.88. The summed E-state index contributed by atoms with van der Waals surface area (Å²) < 4.78 is 31.6. The van der Waals surface area contributed by atoms with Gasteiger partial charge in [0, 0.05) is 24.2 Å². The van der Waals surface area contributed by atoms with Crippen LogP contribution in [0.5, 0.6) is 5.75 Å². The summed E-state index contributed by atoms with van der Waals surface area (Å²) in [5.41, 5.74) is 0.0720. The highest BCUT2D eigenvalue weighted by Crippen LogP contribution is 2.29. The Morgan fingerprint density at radius 3 is 2.67 bits per heavy atom. The Kier molecular flexibility index (Phi) is 4.32. The summed E-state index contributed by atoms with van der Waals surface area (Å²) >= 11 is 0. The van der Waals surface area contributed by atoms with E-state index in [4.69, 9.17) is 4.74 Å². The zero-order valence-corrected chi connectivity index (χ0v) is 11.1. The van der Waals surface area contributed by atoms with Crippen molar-refractivity contribution in [3.8, 4) is 5.75 Å². The maximum Gasteiger partial charge on any atom is 0.292 e. The Bertz CT molecular complexity index is 677. The third kappa shape index (κ3) is 3.44. The molecule has 0 aliphatic rings. The number of nitrogens with one attached hydrogen (secondary N) is 1. The molecule has 0 fully saturated rings. The molecule has 2 aromatic rings. The van der Waals surface area contributed by atoms with Gasteiger partial charge in [0.05, 0.1) is 12.0 Å². The van der Waals surface area contributed by atoms with Gasteiger partial charge < -0.3 is 10.1 Å². The number of nitro benzene ring substituents is 1. The molecule has 2 rings (SSSR count). The minimum atomic E-state index is -0.588. The molecule has 21 heavy (non-hydrogen) atoms. The summed E-state index contributed by atoms with van der Waals surface area (Å²) in [7, 11) is 1.43. The van der Waals surface area contributed by atoms with E-state index >= 15 is 0 Å². The molecule has 0 aliphatic heterocycles. The van der Waals surface area contributed by atoms with Gasteiger partial charge in [-0.15, -0.1) is 0 Å². The molecular formula is C14H12F2N2O3. The molecule has 5 nitrogen and oxygen atoms in total. The number of benzene rings is 2. The zero-order valence-electron chi connectivity index (χ0n) is 11.1. The Morgan fingerprint density at radius 2 is 2.00 bits per heavy atom. The molecule has 0 heterocycles. The number of nitro groups is 1. The lowest BCUT2D eigenvalue weighted by Crippen LogP contribution is -2.05. The van der Waals surface area contributed by atoms with Gasteiger partial charge in [0.15, 0.2) is 0 Å². The van der Waals surface area contributed by atoms with Gasteiger partial charge >= 0.3 is 0 Å². The fraction of sp³-hybridized carbons (Fsp3) is 0.143. The van der Waals surface area contributed by atoms with Crippen molar-refractivity contribution in [2.24, 2.45) is 0 Å². The summed E-state index contributed by atoms with van der Waals surface area (Å²) in [5.74, 6) is -0.745. The Balaban J connectivity index is 2.26. The molecule has 0 amide bonds. The number of rotatable bonds is 5. The topological polar surface area (TPSA) is 64.4 Å². The van der Waals surface area contributed by atoms with Crippen molar-refractivity contribution in [3.63, 3.8) is 0 Å². The van der Waals surface area contributed by atoms with Crippen molar-refractivity contribution in [1.82, 2.24) is 0 Å². The molecule has 110 valence electrons. The van der Waals surface area contributed by atoms with Gasteiger partial charge in [-0.05, 0) is 24.3 Å². The van der Waals surface area contributed by atoms with E-state index in [1.807, 2.05) is 0 Å². The van der Waals surface area contributed by atoms with Crippen molar-refractivity contribution in [2.75, 3.05) is 12.4 Å². The van der Waals surface area contributed by atoms with Gasteiger partial charge in [-0.2, -0.15) is 0 Å². The molecule has 1 N–H and O–H groups in total. The molecule has 0 saturated heterocycles. The monoisotopic (exact) mass is 294 g/mol. The highest BCUT2D eigenvalue weighted by Gasteiger charge is 2.15. The van der Waals surface area contributed by atoms with Crippen LogP contribution >= 0.6 is 0 Å². The summed E-state index contributed by atoms with van der Waals surface area (Å²) in [6, 6.07) is 7.21. The standard InChI is InChI=1S/C14H12F2N2O3/c1-21-11-3-5-14(18(19)20)13(7-11)17-8-9-6-10(15)2-4-12(9)16/h2-7,17H,8H2,1H3. The lowest BCUT2D eigenvalue weighted by molar-refractivity contribution is -0.384. The average molecular weight is 294 g/mol. The van der Waals surface area contributed by atoms with Crippen LogP contribution in [0.4, 0.5) is 20.2 Å². The quantitative estimate of drug-likeness (QED) is 0.677. The second-order valence-electron chi connectivity index (χ2n) is 4.23.